The van der Waals surface area contributed by atoms with Crippen LogP contribution < -0.4 is 16.4 Å². The number of carbonyl (C=O) groups is 5. The van der Waals surface area contributed by atoms with E-state index in [0.29, 0.717) is 19.4 Å². The van der Waals surface area contributed by atoms with Crippen molar-refractivity contribution in [1.29, 1.82) is 0 Å². The zero-order valence-electron chi connectivity index (χ0n) is 34.5. The van der Waals surface area contributed by atoms with Crippen LogP contribution in [0.5, 0.6) is 0 Å². The highest BCUT2D eigenvalue weighted by atomic mass is 16.5. The van der Waals surface area contributed by atoms with Gasteiger partial charge in [-0.2, -0.15) is 0 Å². The molecule has 4 amide bonds. The van der Waals surface area contributed by atoms with E-state index in [4.69, 9.17) is 19.9 Å². The lowest BCUT2D eigenvalue weighted by Gasteiger charge is -2.40. The number of methoxy groups -OCH3 is 3. The number of carbonyl (C=O) groups excluding carboxylic acids is 5. The van der Waals surface area contributed by atoms with Gasteiger partial charge < -0.3 is 40.4 Å². The first-order valence-electron chi connectivity index (χ1n) is 19.3. The molecule has 1 aromatic carbocycles. The van der Waals surface area contributed by atoms with E-state index in [-0.39, 0.29) is 61.3 Å². The second kappa shape index (κ2) is 22.7. The van der Waals surface area contributed by atoms with Gasteiger partial charge in [0.2, 0.25) is 23.6 Å². The molecule has 14 heteroatoms. The SMILES string of the molecule is CC[C@H](C)[C@@H]([C@@H](CC(=O)N1CCCC1[C@H](OC)[C@@H](C)C(=O)NC(Cc1ccccc1)C(=O)OC)OC)N(C)C(=O)C(CCN)NC(=O)C(C(C)C)N(C)C. The lowest BCUT2D eigenvalue weighted by molar-refractivity contribution is -0.148. The molecule has 4 unspecified atom stereocenters. The van der Waals surface area contributed by atoms with E-state index >= 15 is 0 Å². The molecule has 1 aromatic rings. The van der Waals surface area contributed by atoms with Crippen molar-refractivity contribution in [2.75, 3.05) is 55.6 Å². The van der Waals surface area contributed by atoms with Gasteiger partial charge in [0.15, 0.2) is 0 Å². The number of nitrogens with one attached hydrogen (secondary N) is 2. The van der Waals surface area contributed by atoms with Crippen LogP contribution in [0, 0.1) is 17.8 Å². The molecule has 14 nitrogen and oxygen atoms in total. The van der Waals surface area contributed by atoms with Crippen molar-refractivity contribution in [3.8, 4) is 0 Å². The summed E-state index contributed by atoms with van der Waals surface area (Å²) in [5.74, 6) is -2.41. The Labute approximate surface area is 323 Å². The number of benzene rings is 1. The fourth-order valence-corrected chi connectivity index (χ4v) is 7.86. The van der Waals surface area contributed by atoms with Gasteiger partial charge in [0.25, 0.3) is 0 Å². The van der Waals surface area contributed by atoms with Gasteiger partial charge in [-0.15, -0.1) is 0 Å². The highest BCUT2D eigenvalue weighted by Gasteiger charge is 2.43. The molecule has 0 aromatic heterocycles. The number of likely N-dealkylation sites (N-methyl/N-ethyl adjacent to an activating group) is 2. The van der Waals surface area contributed by atoms with Gasteiger partial charge in [0, 0.05) is 34.2 Å². The summed E-state index contributed by atoms with van der Waals surface area (Å²) in [5, 5.41) is 5.81. The number of rotatable bonds is 22. The Balaban J connectivity index is 2.28. The molecule has 54 heavy (non-hydrogen) atoms. The summed E-state index contributed by atoms with van der Waals surface area (Å²) in [5.41, 5.74) is 6.79. The summed E-state index contributed by atoms with van der Waals surface area (Å²) in [6, 6.07) is 6.29. The van der Waals surface area contributed by atoms with Crippen molar-refractivity contribution in [1.82, 2.24) is 25.3 Å². The number of likely N-dealkylation sites (tertiary alicyclic amines) is 1. The number of hydrogen-bond donors (Lipinski definition) is 3. The van der Waals surface area contributed by atoms with Gasteiger partial charge in [-0.3, -0.25) is 24.1 Å². The number of ether oxygens (including phenoxy) is 3. The highest BCUT2D eigenvalue weighted by molar-refractivity contribution is 5.90. The van der Waals surface area contributed by atoms with Crippen molar-refractivity contribution in [3.05, 3.63) is 35.9 Å². The molecule has 9 atom stereocenters. The van der Waals surface area contributed by atoms with Crippen LogP contribution in [-0.4, -0.2) is 142 Å². The summed E-state index contributed by atoms with van der Waals surface area (Å²) in [6.45, 7) is 10.4. The van der Waals surface area contributed by atoms with Crippen LogP contribution in [0.3, 0.4) is 0 Å². The Bertz CT molecular complexity index is 1340. The minimum Gasteiger partial charge on any atom is -0.467 e. The van der Waals surface area contributed by atoms with E-state index < -0.39 is 54.3 Å². The fraction of sp³-hybridized carbons (Fsp3) is 0.725. The smallest absolute Gasteiger partial charge is 0.328 e. The first kappa shape index (κ1) is 46.6. The quantitative estimate of drug-likeness (QED) is 0.149. The van der Waals surface area contributed by atoms with Crippen LogP contribution in [0.15, 0.2) is 30.3 Å². The average molecular weight is 761 g/mol. The van der Waals surface area contributed by atoms with Crippen LogP contribution in [-0.2, 0) is 44.6 Å². The summed E-state index contributed by atoms with van der Waals surface area (Å²) in [7, 11) is 9.70. The highest BCUT2D eigenvalue weighted by Crippen LogP contribution is 2.29. The maximum absolute atomic E-state index is 14.2. The van der Waals surface area contributed by atoms with Crippen molar-refractivity contribution >= 4 is 29.6 Å². The van der Waals surface area contributed by atoms with Crippen LogP contribution in [0.25, 0.3) is 0 Å². The molecule has 0 saturated carbocycles. The Morgan fingerprint density at radius 3 is 2.07 bits per heavy atom. The summed E-state index contributed by atoms with van der Waals surface area (Å²) >= 11 is 0. The topological polar surface area (TPSA) is 173 Å². The molecule has 306 valence electrons. The lowest BCUT2D eigenvalue weighted by Crippen LogP contribution is -2.59. The standard InChI is InChI=1S/C40H68N6O8/c1-12-26(4)35(45(8)39(50)29(20-21-41)42-38(49)34(25(2)3)44(6)7)32(52-9)24-33(47)46-22-16-19-31(46)36(53-10)27(5)37(48)43-30(40(51)54-11)23-28-17-14-13-15-18-28/h13-15,17-18,25-27,29-32,34-36H,12,16,19-24,41H2,1-11H3,(H,42,49)(H,43,48)/t26-,27+,29?,30?,31?,32+,34?,35-,36+/m0/s1. The molecule has 0 radical (unpaired) electrons. The number of hydrogen-bond acceptors (Lipinski definition) is 10. The third kappa shape index (κ3) is 12.5. The number of nitrogens with zero attached hydrogens (tertiary/aromatic N) is 3. The molecular formula is C40H68N6O8. The second-order valence-electron chi connectivity index (χ2n) is 15.2. The van der Waals surface area contributed by atoms with Crippen LogP contribution >= 0.6 is 0 Å². The average Bonchev–Trinajstić information content (AvgIpc) is 3.63. The van der Waals surface area contributed by atoms with E-state index in [0.717, 1.165) is 12.0 Å². The van der Waals surface area contributed by atoms with Gasteiger partial charge in [-0.25, -0.2) is 4.79 Å². The third-order valence-corrected chi connectivity index (χ3v) is 10.9. The van der Waals surface area contributed by atoms with Crippen LogP contribution in [0.4, 0.5) is 0 Å². The van der Waals surface area contributed by atoms with E-state index in [1.165, 1.54) is 21.3 Å². The summed E-state index contributed by atoms with van der Waals surface area (Å²) in [4.78, 5) is 73.2. The predicted molar refractivity (Wildman–Crippen MR) is 208 cm³/mol. The van der Waals surface area contributed by atoms with Crippen molar-refractivity contribution in [3.63, 3.8) is 0 Å². The fourth-order valence-electron chi connectivity index (χ4n) is 7.86. The number of nitrogens with two attached hydrogens (primary N) is 1. The molecule has 4 N–H and O–H groups in total. The van der Waals surface area contributed by atoms with E-state index in [9.17, 15) is 24.0 Å². The summed E-state index contributed by atoms with van der Waals surface area (Å²) < 4.78 is 16.9. The van der Waals surface area contributed by atoms with Gasteiger partial charge in [-0.1, -0.05) is 71.4 Å². The third-order valence-electron chi connectivity index (χ3n) is 10.9. The number of esters is 1. The van der Waals surface area contributed by atoms with Gasteiger partial charge in [0.05, 0.1) is 49.8 Å². The first-order valence-corrected chi connectivity index (χ1v) is 19.3. The zero-order chi connectivity index (χ0) is 40.7. The zero-order valence-corrected chi connectivity index (χ0v) is 34.5. The monoisotopic (exact) mass is 761 g/mol. The van der Waals surface area contributed by atoms with E-state index in [1.807, 2.05) is 77.0 Å². The molecule has 0 aliphatic carbocycles. The van der Waals surface area contributed by atoms with E-state index in [1.54, 1.807) is 23.8 Å². The molecule has 1 aliphatic rings. The van der Waals surface area contributed by atoms with Crippen molar-refractivity contribution in [2.45, 2.75) is 116 Å². The largest absolute Gasteiger partial charge is 0.467 e. The Morgan fingerprint density at radius 1 is 0.926 bits per heavy atom. The molecule has 1 fully saturated rings. The predicted octanol–water partition coefficient (Wildman–Crippen LogP) is 2.23. The Kier molecular flexibility index (Phi) is 19.6. The maximum atomic E-state index is 14.2. The van der Waals surface area contributed by atoms with Gasteiger partial charge >= 0.3 is 5.97 Å². The van der Waals surface area contributed by atoms with Gasteiger partial charge in [-0.05, 0) is 57.3 Å². The summed E-state index contributed by atoms with van der Waals surface area (Å²) in [6.07, 6.45) is 1.24. The molecule has 1 heterocycles. The van der Waals surface area contributed by atoms with Crippen LogP contribution in [0.2, 0.25) is 0 Å². The minimum absolute atomic E-state index is 0.0118. The van der Waals surface area contributed by atoms with Crippen molar-refractivity contribution in [2.24, 2.45) is 23.5 Å². The Hall–Kier alpha value is -3.59. The molecule has 0 spiro atoms. The molecule has 2 rings (SSSR count). The minimum atomic E-state index is -0.895. The van der Waals surface area contributed by atoms with Gasteiger partial charge in [0.1, 0.15) is 12.1 Å². The normalized spacial score (nSPS) is 18.9. The van der Waals surface area contributed by atoms with Crippen molar-refractivity contribution < 1.29 is 38.2 Å². The Morgan fingerprint density at radius 2 is 1.56 bits per heavy atom. The first-order chi connectivity index (χ1) is 25.6. The maximum Gasteiger partial charge on any atom is 0.328 e. The molecule has 0 bridgehead atoms. The second-order valence-corrected chi connectivity index (χ2v) is 15.2. The molecular weight excluding hydrogens is 692 g/mol. The van der Waals surface area contributed by atoms with Crippen LogP contribution in [0.1, 0.15) is 72.3 Å². The van der Waals surface area contributed by atoms with E-state index in [2.05, 4.69) is 10.6 Å². The molecule has 1 saturated heterocycles. The number of amides is 4. The molecule has 1 aliphatic heterocycles. The lowest BCUT2D eigenvalue weighted by atomic mass is 9.89.